The summed E-state index contributed by atoms with van der Waals surface area (Å²) in [5.41, 5.74) is 4.45. The first-order valence-corrected chi connectivity index (χ1v) is 24.8. The first-order chi connectivity index (χ1) is 33.4. The Balaban J connectivity index is 1.04. The molecule has 2 heterocycles. The van der Waals surface area contributed by atoms with Crippen LogP contribution in [0.15, 0.2) is 23.3 Å². The molecule has 7 atom stereocenters. The number of likely N-dealkylation sites (tertiary alicyclic amines) is 1. The highest BCUT2D eigenvalue weighted by Gasteiger charge is 2.50. The van der Waals surface area contributed by atoms with Gasteiger partial charge in [-0.15, -0.1) is 11.8 Å². The van der Waals surface area contributed by atoms with Crippen molar-refractivity contribution in [3.63, 3.8) is 0 Å². The van der Waals surface area contributed by atoms with Crippen molar-refractivity contribution in [2.45, 2.75) is 138 Å². The lowest BCUT2D eigenvalue weighted by atomic mass is 9.71. The van der Waals surface area contributed by atoms with Crippen molar-refractivity contribution >= 4 is 58.5 Å². The summed E-state index contributed by atoms with van der Waals surface area (Å²) in [7, 11) is 2.93. The van der Waals surface area contributed by atoms with E-state index in [1.807, 2.05) is 0 Å². The van der Waals surface area contributed by atoms with Crippen LogP contribution in [0.4, 0.5) is 0 Å². The van der Waals surface area contributed by atoms with E-state index in [0.29, 0.717) is 56.7 Å². The molecular formula is C48H65N7O14S. The van der Waals surface area contributed by atoms with Crippen molar-refractivity contribution in [3.8, 4) is 17.2 Å². The second-order valence-electron chi connectivity index (χ2n) is 18.1. The maximum atomic E-state index is 14.1. The van der Waals surface area contributed by atoms with Crippen molar-refractivity contribution in [2.24, 2.45) is 10.8 Å². The topological polar surface area (TPSA) is 333 Å². The smallest absolute Gasteiger partial charge is 0.242 e. The standard InChI is InChI=1S/C48H65N7O14S/c1-25-42(60)28(49)20-37(68-25)69-30-23-48(66,22-27-39(30)46(64)41-40(44(27)62)43(61)26-12-10-13-29(67-3)38(26)45(41)63)32(24-56)53-54-35(58)16-7-5-9-18-55-36(59)21-31(47(55)65)70-19-11-14-33(50)52-17-8-4-6-15-34(57)51-2/h10,12-13,25,28,30-31,37,42,56,60,62,64,66H,4-9,11,14-24,49H2,1-3H3,(H2,50,52)(H,51,57)(H,54,58)/b53-32+/t25-,28-,30-,31?,37-,42+,48-/m1/s1. The molecule has 0 saturated carbocycles. The highest BCUT2D eigenvalue weighted by Crippen LogP contribution is 2.52. The summed E-state index contributed by atoms with van der Waals surface area (Å²) < 4.78 is 17.5. The zero-order chi connectivity index (χ0) is 50.9. The fourth-order valence-corrected chi connectivity index (χ4v) is 10.5. The number of nitrogens with two attached hydrogens (primary N) is 1. The number of aliphatic hydroxyl groups is 3. The minimum Gasteiger partial charge on any atom is -0.507 e. The number of carbonyl (C=O) groups excluding carboxylic acids is 6. The molecular weight excluding hydrogens is 931 g/mol. The first kappa shape index (κ1) is 53.9. The number of aromatic hydroxyl groups is 2. The van der Waals surface area contributed by atoms with Gasteiger partial charge in [-0.3, -0.25) is 39.1 Å². The van der Waals surface area contributed by atoms with Gasteiger partial charge in [-0.1, -0.05) is 25.0 Å². The van der Waals surface area contributed by atoms with E-state index in [9.17, 15) is 54.3 Å². The number of phenolic OH excluding ortho intramolecular Hbond substituents is 2. The van der Waals surface area contributed by atoms with Gasteiger partial charge < -0.3 is 56.1 Å². The minimum atomic E-state index is -2.19. The molecule has 70 heavy (non-hydrogen) atoms. The van der Waals surface area contributed by atoms with E-state index in [-0.39, 0.29) is 77.2 Å². The number of rotatable bonds is 23. The van der Waals surface area contributed by atoms with Crippen LogP contribution in [-0.2, 0) is 35.1 Å². The maximum absolute atomic E-state index is 14.1. The lowest BCUT2D eigenvalue weighted by Gasteiger charge is -2.43. The molecule has 0 aromatic heterocycles. The fourth-order valence-electron chi connectivity index (χ4n) is 9.35. The monoisotopic (exact) mass is 995 g/mol. The van der Waals surface area contributed by atoms with E-state index in [2.05, 4.69) is 21.2 Å². The predicted octanol–water partition coefficient (Wildman–Crippen LogP) is 1.98. The van der Waals surface area contributed by atoms with E-state index in [1.54, 1.807) is 14.0 Å². The number of amides is 4. The third kappa shape index (κ3) is 12.2. The number of phenols is 2. The Hall–Kier alpha value is -5.49. The second kappa shape index (κ2) is 24.1. The number of hydrogen-bond acceptors (Lipinski definition) is 18. The summed E-state index contributed by atoms with van der Waals surface area (Å²) in [5, 5.41) is 74.5. The quantitative estimate of drug-likeness (QED) is 0.0162. The predicted molar refractivity (Wildman–Crippen MR) is 256 cm³/mol. The Kier molecular flexibility index (Phi) is 18.5. The van der Waals surface area contributed by atoms with Crippen molar-refractivity contribution in [3.05, 3.63) is 51.6 Å². The Morgan fingerprint density at radius 3 is 2.40 bits per heavy atom. The summed E-state index contributed by atoms with van der Waals surface area (Å²) >= 11 is 1.40. The molecule has 2 aromatic carbocycles. The summed E-state index contributed by atoms with van der Waals surface area (Å²) in [6.45, 7) is 1.53. The molecule has 11 N–H and O–H groups in total. The molecule has 2 aromatic rings. The third-order valence-electron chi connectivity index (χ3n) is 13.2. The van der Waals surface area contributed by atoms with Crippen LogP contribution in [0.25, 0.3) is 0 Å². The van der Waals surface area contributed by atoms with E-state index in [4.69, 9.17) is 25.4 Å². The molecule has 1 unspecified atom stereocenters. The summed E-state index contributed by atoms with van der Waals surface area (Å²) in [4.78, 5) is 79.4. The summed E-state index contributed by atoms with van der Waals surface area (Å²) in [5.74, 6) is -2.99. The molecule has 4 amide bonds. The number of hydrazone groups is 1. The number of methoxy groups -OCH3 is 1. The summed E-state index contributed by atoms with van der Waals surface area (Å²) in [6.07, 6.45) is 0.141. The molecule has 0 bridgehead atoms. The number of amidine groups is 1. The van der Waals surface area contributed by atoms with Crippen LogP contribution in [0.5, 0.6) is 17.2 Å². The lowest BCUT2D eigenvalue weighted by molar-refractivity contribution is -0.245. The Morgan fingerprint density at radius 1 is 0.986 bits per heavy atom. The van der Waals surface area contributed by atoms with Gasteiger partial charge in [0.25, 0.3) is 0 Å². The number of benzene rings is 2. The van der Waals surface area contributed by atoms with Crippen molar-refractivity contribution in [2.75, 3.05) is 39.6 Å². The zero-order valence-electron chi connectivity index (χ0n) is 39.7. The molecule has 4 aliphatic rings. The highest BCUT2D eigenvalue weighted by molar-refractivity contribution is 8.00. The number of nitrogens with one attached hydrogen (secondary N) is 4. The van der Waals surface area contributed by atoms with Gasteiger partial charge in [0, 0.05) is 87.8 Å². The summed E-state index contributed by atoms with van der Waals surface area (Å²) in [6, 6.07) is 3.56. The van der Waals surface area contributed by atoms with Gasteiger partial charge in [0.2, 0.25) is 29.4 Å². The lowest BCUT2D eigenvalue weighted by Crippen LogP contribution is -2.53. The Morgan fingerprint density at radius 2 is 1.70 bits per heavy atom. The molecule has 0 spiro atoms. The van der Waals surface area contributed by atoms with Gasteiger partial charge in [0.1, 0.15) is 22.8 Å². The maximum Gasteiger partial charge on any atom is 0.242 e. The highest BCUT2D eigenvalue weighted by atomic mass is 32.2. The van der Waals surface area contributed by atoms with E-state index in [1.165, 1.54) is 42.0 Å². The van der Waals surface area contributed by atoms with Crippen LogP contribution in [0.2, 0.25) is 0 Å². The SMILES string of the molecule is CNC(=O)CCCCCNC(=N)CCCSC1CC(=O)N(CCCCCC(=O)N/N=C(\CO)[C@@]2(O)Cc3c(O)c4c(c(O)c3[C@H](O[C@@H]3C[C@@H](N)[C@@H](O)[C@@H](C)O3)C2)C(=O)c2c(OC)cccc2C4=O)C1=O. The Bertz CT molecular complexity index is 2350. The number of aliphatic hydroxyl groups excluding tert-OH is 2. The molecule has 22 heteroatoms. The normalized spacial score (nSPS) is 24.2. The van der Waals surface area contributed by atoms with E-state index in [0.717, 1.165) is 19.3 Å². The van der Waals surface area contributed by atoms with Gasteiger partial charge >= 0.3 is 0 Å². The van der Waals surface area contributed by atoms with Crippen LogP contribution in [-0.4, -0.2) is 152 Å². The molecule has 2 saturated heterocycles. The number of hydrogen-bond donors (Lipinski definition) is 10. The number of ketones is 2. The second-order valence-corrected chi connectivity index (χ2v) is 19.4. The molecule has 0 radical (unpaired) electrons. The van der Waals surface area contributed by atoms with Crippen LogP contribution < -0.4 is 26.5 Å². The van der Waals surface area contributed by atoms with Gasteiger partial charge in [0.15, 0.2) is 12.1 Å². The van der Waals surface area contributed by atoms with Crippen LogP contribution >= 0.6 is 11.8 Å². The molecule has 2 aliphatic carbocycles. The number of ether oxygens (including phenoxy) is 3. The van der Waals surface area contributed by atoms with Crippen LogP contribution in [0.1, 0.15) is 139 Å². The molecule has 21 nitrogen and oxygen atoms in total. The van der Waals surface area contributed by atoms with E-state index < -0.39 is 101 Å². The minimum absolute atomic E-state index is 0.0160. The fraction of sp³-hybridized carbons (Fsp3) is 0.583. The van der Waals surface area contributed by atoms with Gasteiger partial charge in [-0.2, -0.15) is 5.10 Å². The molecule has 2 fully saturated rings. The number of unbranched alkanes of at least 4 members (excludes halogenated alkanes) is 4. The van der Waals surface area contributed by atoms with Gasteiger partial charge in [0.05, 0.1) is 65.5 Å². The van der Waals surface area contributed by atoms with Crippen molar-refractivity contribution in [1.29, 1.82) is 5.41 Å². The van der Waals surface area contributed by atoms with Crippen LogP contribution in [0, 0.1) is 5.41 Å². The first-order valence-electron chi connectivity index (χ1n) is 23.7. The van der Waals surface area contributed by atoms with Crippen molar-refractivity contribution < 1.29 is 68.5 Å². The van der Waals surface area contributed by atoms with E-state index >= 15 is 0 Å². The third-order valence-corrected chi connectivity index (χ3v) is 14.5. The number of imide groups is 1. The average Bonchev–Trinajstić information content (AvgIpc) is 3.60. The number of nitrogens with zero attached hydrogens (tertiary/aromatic N) is 2. The molecule has 2 aliphatic heterocycles. The largest absolute Gasteiger partial charge is 0.507 e. The van der Waals surface area contributed by atoms with Crippen molar-refractivity contribution in [1.82, 2.24) is 21.0 Å². The number of fused-ring (bicyclic) bond motifs is 3. The Labute approximate surface area is 409 Å². The number of thioether (sulfide) groups is 1. The van der Waals surface area contributed by atoms with Gasteiger partial charge in [-0.05, 0) is 50.8 Å². The zero-order valence-corrected chi connectivity index (χ0v) is 40.5. The number of carbonyl (C=O) groups is 6. The van der Waals surface area contributed by atoms with Gasteiger partial charge in [-0.25, -0.2) is 5.43 Å². The average molecular weight is 996 g/mol. The van der Waals surface area contributed by atoms with Crippen LogP contribution in [0.3, 0.4) is 0 Å². The molecule has 382 valence electrons. The molecule has 6 rings (SSSR count).